The molecule has 0 aromatic rings. The smallest absolute Gasteiger partial charge is 0.332 e. The third-order valence-electron chi connectivity index (χ3n) is 5.57. The van der Waals surface area contributed by atoms with Crippen LogP contribution in [0.1, 0.15) is 142 Å². The summed E-state index contributed by atoms with van der Waals surface area (Å²) in [4.78, 5) is 29.1. The van der Waals surface area contributed by atoms with Gasteiger partial charge in [-0.2, -0.15) is 5.06 Å². The normalized spacial score (nSPS) is 10.9. The molecule has 4 nitrogen and oxygen atoms in total. The van der Waals surface area contributed by atoms with E-state index in [1.165, 1.54) is 89.9 Å². The Hall–Kier alpha value is -1.06. The SMILES string of the molecule is CCCCCCCCCCCC(=O)ON(C)C(=O)CCCCCCCCCCC. The maximum Gasteiger partial charge on any atom is 0.332 e. The zero-order valence-electron chi connectivity index (χ0n) is 19.8. The van der Waals surface area contributed by atoms with E-state index in [0.717, 1.165) is 30.7 Å². The number of rotatable bonds is 20. The molecule has 0 aromatic heterocycles. The minimum Gasteiger partial charge on any atom is -0.338 e. The molecule has 0 fully saturated rings. The highest BCUT2D eigenvalue weighted by atomic mass is 16.7. The number of carbonyl (C=O) groups excluding carboxylic acids is 2. The van der Waals surface area contributed by atoms with Crippen LogP contribution < -0.4 is 0 Å². The lowest BCUT2D eigenvalue weighted by atomic mass is 10.1. The fraction of sp³-hybridized carbons (Fsp3) is 0.920. The minimum absolute atomic E-state index is 0.0895. The van der Waals surface area contributed by atoms with Crippen molar-refractivity contribution in [1.82, 2.24) is 5.06 Å². The standard InChI is InChI=1S/C25H49NO3/c1-4-6-8-10-12-14-16-18-20-22-24(27)26(3)29-25(28)23-21-19-17-15-13-11-9-7-5-2/h4-23H2,1-3H3. The molecule has 0 N–H and O–H groups in total. The third kappa shape index (κ3) is 20.0. The van der Waals surface area contributed by atoms with Gasteiger partial charge in [-0.05, 0) is 12.8 Å². The molecule has 0 aromatic carbocycles. The van der Waals surface area contributed by atoms with Gasteiger partial charge in [0.2, 0.25) is 0 Å². The van der Waals surface area contributed by atoms with Crippen molar-refractivity contribution in [3.63, 3.8) is 0 Å². The van der Waals surface area contributed by atoms with Crippen molar-refractivity contribution >= 4 is 11.9 Å². The monoisotopic (exact) mass is 411 g/mol. The second-order valence-corrected chi connectivity index (χ2v) is 8.51. The first kappa shape index (κ1) is 27.9. The first-order chi connectivity index (χ1) is 14.1. The Balaban J connectivity index is 3.50. The Morgan fingerprint density at radius 2 is 0.897 bits per heavy atom. The molecule has 0 radical (unpaired) electrons. The summed E-state index contributed by atoms with van der Waals surface area (Å²) in [7, 11) is 1.56. The average Bonchev–Trinajstić information content (AvgIpc) is 2.71. The lowest BCUT2D eigenvalue weighted by Crippen LogP contribution is -2.29. The van der Waals surface area contributed by atoms with Crippen molar-refractivity contribution in [1.29, 1.82) is 0 Å². The maximum absolute atomic E-state index is 12.1. The first-order valence-corrected chi connectivity index (χ1v) is 12.6. The summed E-state index contributed by atoms with van der Waals surface area (Å²) in [6.07, 6.45) is 22.9. The molecule has 4 heteroatoms. The first-order valence-electron chi connectivity index (χ1n) is 12.6. The molecule has 0 aliphatic carbocycles. The minimum atomic E-state index is -0.282. The van der Waals surface area contributed by atoms with Crippen molar-refractivity contribution in [2.24, 2.45) is 0 Å². The predicted molar refractivity (Wildman–Crippen MR) is 123 cm³/mol. The summed E-state index contributed by atoms with van der Waals surface area (Å²) < 4.78 is 0. The van der Waals surface area contributed by atoms with Crippen molar-refractivity contribution in [3.05, 3.63) is 0 Å². The van der Waals surface area contributed by atoms with Gasteiger partial charge in [-0.3, -0.25) is 4.79 Å². The van der Waals surface area contributed by atoms with Crippen LogP contribution in [-0.4, -0.2) is 24.0 Å². The summed E-state index contributed by atoms with van der Waals surface area (Å²) in [6, 6.07) is 0. The van der Waals surface area contributed by atoms with E-state index >= 15 is 0 Å². The second-order valence-electron chi connectivity index (χ2n) is 8.51. The van der Waals surface area contributed by atoms with Crippen molar-refractivity contribution in [3.8, 4) is 0 Å². The van der Waals surface area contributed by atoms with Crippen LogP contribution in [0.25, 0.3) is 0 Å². The van der Waals surface area contributed by atoms with Gasteiger partial charge < -0.3 is 4.84 Å². The van der Waals surface area contributed by atoms with Crippen LogP contribution in [0.3, 0.4) is 0 Å². The van der Waals surface area contributed by atoms with Crippen molar-refractivity contribution in [2.45, 2.75) is 142 Å². The number of hydroxylamine groups is 2. The molecule has 0 unspecified atom stereocenters. The van der Waals surface area contributed by atoms with E-state index < -0.39 is 0 Å². The number of hydrogen-bond donors (Lipinski definition) is 0. The molecule has 0 bridgehead atoms. The summed E-state index contributed by atoms with van der Waals surface area (Å²) in [5.41, 5.74) is 0. The molecule has 0 spiro atoms. The third-order valence-corrected chi connectivity index (χ3v) is 5.57. The topological polar surface area (TPSA) is 46.6 Å². The molecule has 0 heterocycles. The molecule has 0 aliphatic rings. The zero-order chi connectivity index (χ0) is 21.6. The van der Waals surface area contributed by atoms with Crippen LogP contribution in [0.4, 0.5) is 0 Å². The molecule has 0 aliphatic heterocycles. The molecular weight excluding hydrogens is 362 g/mol. The highest BCUT2D eigenvalue weighted by molar-refractivity contribution is 5.77. The van der Waals surface area contributed by atoms with Crippen LogP contribution >= 0.6 is 0 Å². The van der Waals surface area contributed by atoms with Gasteiger partial charge in [0.05, 0.1) is 0 Å². The molecule has 1 amide bonds. The zero-order valence-corrected chi connectivity index (χ0v) is 19.8. The van der Waals surface area contributed by atoms with Crippen molar-refractivity contribution in [2.75, 3.05) is 7.05 Å². The van der Waals surface area contributed by atoms with Gasteiger partial charge in [0.1, 0.15) is 0 Å². The quantitative estimate of drug-likeness (QED) is 0.152. The number of carbonyl (C=O) groups is 2. The van der Waals surface area contributed by atoms with E-state index in [-0.39, 0.29) is 11.9 Å². The molecule has 0 saturated carbocycles. The molecule has 29 heavy (non-hydrogen) atoms. The van der Waals surface area contributed by atoms with Gasteiger partial charge in [-0.15, -0.1) is 0 Å². The lowest BCUT2D eigenvalue weighted by Gasteiger charge is -2.16. The Bertz CT molecular complexity index is 384. The molecule has 0 atom stereocenters. The maximum atomic E-state index is 12.1. The number of nitrogens with zero attached hydrogens (tertiary/aromatic N) is 1. The Labute approximate surface area is 181 Å². The number of unbranched alkanes of at least 4 members (excludes halogenated alkanes) is 16. The molecule has 172 valence electrons. The molecule has 0 rings (SSSR count). The Morgan fingerprint density at radius 1 is 0.552 bits per heavy atom. The van der Waals surface area contributed by atoms with Gasteiger partial charge >= 0.3 is 5.97 Å². The number of hydrogen-bond acceptors (Lipinski definition) is 3. The molecule has 0 saturated heterocycles. The van der Waals surface area contributed by atoms with Crippen LogP contribution in [0, 0.1) is 0 Å². The van der Waals surface area contributed by atoms with Crippen LogP contribution in [-0.2, 0) is 14.4 Å². The Kier molecular flexibility index (Phi) is 20.9. The molecular formula is C25H49NO3. The number of amides is 1. The van der Waals surface area contributed by atoms with Gasteiger partial charge in [-0.1, -0.05) is 117 Å². The lowest BCUT2D eigenvalue weighted by molar-refractivity contribution is -0.192. The van der Waals surface area contributed by atoms with E-state index in [9.17, 15) is 9.59 Å². The van der Waals surface area contributed by atoms with E-state index in [4.69, 9.17) is 4.84 Å². The summed E-state index contributed by atoms with van der Waals surface area (Å²) >= 11 is 0. The van der Waals surface area contributed by atoms with Crippen LogP contribution in [0.5, 0.6) is 0 Å². The Morgan fingerprint density at radius 3 is 1.31 bits per heavy atom. The van der Waals surface area contributed by atoms with E-state index in [1.54, 1.807) is 7.05 Å². The average molecular weight is 412 g/mol. The summed E-state index contributed by atoms with van der Waals surface area (Å²) in [5, 5.41) is 1.14. The van der Waals surface area contributed by atoms with Gasteiger partial charge in [0, 0.05) is 19.9 Å². The summed E-state index contributed by atoms with van der Waals surface area (Å²) in [5.74, 6) is -0.371. The van der Waals surface area contributed by atoms with Crippen LogP contribution in [0.2, 0.25) is 0 Å². The van der Waals surface area contributed by atoms with Gasteiger partial charge in [-0.25, -0.2) is 4.79 Å². The highest BCUT2D eigenvalue weighted by Gasteiger charge is 2.13. The van der Waals surface area contributed by atoms with Crippen LogP contribution in [0.15, 0.2) is 0 Å². The van der Waals surface area contributed by atoms with Gasteiger partial charge in [0.15, 0.2) is 0 Å². The predicted octanol–water partition coefficient (Wildman–Crippen LogP) is 7.74. The highest BCUT2D eigenvalue weighted by Crippen LogP contribution is 2.12. The summed E-state index contributed by atoms with van der Waals surface area (Å²) in [6.45, 7) is 4.48. The van der Waals surface area contributed by atoms with Crippen molar-refractivity contribution < 1.29 is 14.4 Å². The fourth-order valence-corrected chi connectivity index (χ4v) is 3.57. The largest absolute Gasteiger partial charge is 0.338 e. The van der Waals surface area contributed by atoms with E-state index in [1.807, 2.05) is 0 Å². The van der Waals surface area contributed by atoms with E-state index in [0.29, 0.717) is 12.8 Å². The fourth-order valence-electron chi connectivity index (χ4n) is 3.57. The van der Waals surface area contributed by atoms with Gasteiger partial charge in [0.25, 0.3) is 5.91 Å². The van der Waals surface area contributed by atoms with E-state index in [2.05, 4.69) is 13.8 Å². The second kappa shape index (κ2) is 21.6.